The molecule has 2 aliphatic carbocycles. The van der Waals surface area contributed by atoms with Gasteiger partial charge in [0.05, 0.1) is 6.04 Å². The van der Waals surface area contributed by atoms with E-state index in [1.54, 1.807) is 24.3 Å². The maximum atomic E-state index is 14.6. The number of fused-ring (bicyclic) bond motifs is 4. The lowest BCUT2D eigenvalue weighted by Crippen LogP contribution is -2.55. The largest absolute Gasteiger partial charge is 0.372 e. The maximum Gasteiger partial charge on any atom is 0.264 e. The van der Waals surface area contributed by atoms with E-state index in [9.17, 15) is 32.3 Å². The Balaban J connectivity index is 1.34. The molecule has 2 aromatic rings. The summed E-state index contributed by atoms with van der Waals surface area (Å²) in [6.45, 7) is 0.732. The number of aliphatic hydroxyl groups is 1. The molecule has 6 rings (SSSR count). The van der Waals surface area contributed by atoms with Crippen molar-refractivity contribution in [3.8, 4) is 11.1 Å². The molecule has 0 bridgehead atoms. The molecule has 2 heterocycles. The van der Waals surface area contributed by atoms with E-state index in [-0.39, 0.29) is 30.7 Å². The summed E-state index contributed by atoms with van der Waals surface area (Å²) in [4.78, 5) is 42.2. The predicted octanol–water partition coefficient (Wildman–Crippen LogP) is 2.40. The Labute approximate surface area is 244 Å². The molecular weight excluding hydrogens is 561 g/mol. The van der Waals surface area contributed by atoms with E-state index in [1.807, 2.05) is 24.3 Å². The van der Waals surface area contributed by atoms with Gasteiger partial charge in [-0.15, -0.1) is 0 Å². The SMILES string of the molecule is CS(=O)(=O)/C(F)=C\[C@H](C[C@@H]1CCNC1=O)NC(=O)[C@@H]1[C@@H]2CCC[C@@H]2CN1C(=O)C1(O)c2ccccc2-c2ccccc21. The number of carbonyl (C=O) groups excluding carboxylic acids is 3. The molecule has 3 fully saturated rings. The zero-order valence-electron chi connectivity index (χ0n) is 23.3. The van der Waals surface area contributed by atoms with Crippen molar-refractivity contribution >= 4 is 27.6 Å². The Hall–Kier alpha value is -3.57. The molecule has 0 unspecified atom stereocenters. The quantitative estimate of drug-likeness (QED) is 0.451. The molecule has 0 radical (unpaired) electrons. The number of hydrogen-bond acceptors (Lipinski definition) is 6. The Morgan fingerprint density at radius 3 is 2.36 bits per heavy atom. The topological polar surface area (TPSA) is 133 Å². The van der Waals surface area contributed by atoms with Crippen LogP contribution < -0.4 is 10.6 Å². The molecule has 1 saturated carbocycles. The van der Waals surface area contributed by atoms with Gasteiger partial charge in [-0.25, -0.2) is 8.42 Å². The molecule has 0 spiro atoms. The first kappa shape index (κ1) is 28.5. The van der Waals surface area contributed by atoms with Crippen LogP contribution in [0.4, 0.5) is 4.39 Å². The van der Waals surface area contributed by atoms with Crippen molar-refractivity contribution in [2.45, 2.75) is 49.8 Å². The summed E-state index contributed by atoms with van der Waals surface area (Å²) in [5.74, 6) is -2.02. The van der Waals surface area contributed by atoms with Crippen LogP contribution in [0.25, 0.3) is 11.1 Å². The maximum absolute atomic E-state index is 14.6. The second-order valence-corrected chi connectivity index (χ2v) is 13.9. The van der Waals surface area contributed by atoms with Gasteiger partial charge in [-0.1, -0.05) is 55.0 Å². The van der Waals surface area contributed by atoms with Crippen molar-refractivity contribution in [3.05, 3.63) is 70.9 Å². The average molecular weight is 596 g/mol. The minimum atomic E-state index is -4.17. The van der Waals surface area contributed by atoms with Crippen LogP contribution >= 0.6 is 0 Å². The van der Waals surface area contributed by atoms with Crippen LogP contribution in [-0.4, -0.2) is 67.6 Å². The van der Waals surface area contributed by atoms with Gasteiger partial charge >= 0.3 is 0 Å². The van der Waals surface area contributed by atoms with E-state index >= 15 is 0 Å². The van der Waals surface area contributed by atoms with Crippen molar-refractivity contribution in [2.75, 3.05) is 19.3 Å². The first-order valence-corrected chi connectivity index (χ1v) is 16.3. The van der Waals surface area contributed by atoms with Gasteiger partial charge in [0.2, 0.25) is 26.8 Å². The van der Waals surface area contributed by atoms with Gasteiger partial charge in [-0.3, -0.25) is 14.4 Å². The highest BCUT2D eigenvalue weighted by atomic mass is 32.2. The van der Waals surface area contributed by atoms with Crippen LogP contribution in [0, 0.1) is 17.8 Å². The molecule has 11 heteroatoms. The van der Waals surface area contributed by atoms with E-state index in [4.69, 9.17) is 0 Å². The third-order valence-corrected chi connectivity index (χ3v) is 10.2. The van der Waals surface area contributed by atoms with Crippen LogP contribution in [0.2, 0.25) is 0 Å². The molecule has 3 N–H and O–H groups in total. The number of nitrogens with zero attached hydrogens (tertiary/aromatic N) is 1. The normalized spacial score (nSPS) is 26.8. The van der Waals surface area contributed by atoms with Gasteiger partial charge in [0.1, 0.15) is 6.04 Å². The van der Waals surface area contributed by atoms with Gasteiger partial charge in [-0.2, -0.15) is 4.39 Å². The molecule has 2 aliphatic heterocycles. The van der Waals surface area contributed by atoms with E-state index in [0.717, 1.165) is 36.3 Å². The Kier molecular flexibility index (Phi) is 7.21. The number of carbonyl (C=O) groups is 3. The summed E-state index contributed by atoms with van der Waals surface area (Å²) in [6, 6.07) is 12.3. The molecule has 0 aromatic heterocycles. The van der Waals surface area contributed by atoms with Crippen LogP contribution in [0.5, 0.6) is 0 Å². The Morgan fingerprint density at radius 1 is 1.12 bits per heavy atom. The van der Waals surface area contributed by atoms with Crippen molar-refractivity contribution < 1.29 is 32.3 Å². The lowest BCUT2D eigenvalue weighted by molar-refractivity contribution is -0.152. The highest BCUT2D eigenvalue weighted by molar-refractivity contribution is 7.94. The van der Waals surface area contributed by atoms with Gasteiger partial charge in [0.15, 0.2) is 5.60 Å². The summed E-state index contributed by atoms with van der Waals surface area (Å²) in [5, 5.41) is 16.3. The monoisotopic (exact) mass is 595 g/mol. The lowest BCUT2D eigenvalue weighted by Gasteiger charge is -2.34. The number of rotatable bonds is 7. The molecule has 42 heavy (non-hydrogen) atoms. The summed E-state index contributed by atoms with van der Waals surface area (Å²) >= 11 is 0. The Morgan fingerprint density at radius 2 is 1.76 bits per heavy atom. The zero-order valence-corrected chi connectivity index (χ0v) is 24.1. The van der Waals surface area contributed by atoms with E-state index in [2.05, 4.69) is 10.6 Å². The second kappa shape index (κ2) is 10.6. The number of hydrogen-bond donors (Lipinski definition) is 3. The van der Waals surface area contributed by atoms with Crippen molar-refractivity contribution in [3.63, 3.8) is 0 Å². The number of sulfone groups is 1. The van der Waals surface area contributed by atoms with Gasteiger partial charge < -0.3 is 20.6 Å². The van der Waals surface area contributed by atoms with Crippen molar-refractivity contribution in [1.82, 2.24) is 15.5 Å². The number of amides is 3. The first-order chi connectivity index (χ1) is 20.0. The van der Waals surface area contributed by atoms with Crippen molar-refractivity contribution in [1.29, 1.82) is 0 Å². The van der Waals surface area contributed by atoms with Crippen LogP contribution in [0.15, 0.2) is 59.8 Å². The Bertz CT molecular complexity index is 1540. The standard InChI is InChI=1S/C31H34FN3O6S/c1-42(40,41)26(32)16-20(15-18-13-14-33-28(18)36)34-29(37)27-21-10-6-7-19(21)17-35(27)30(38)31(39)24-11-4-2-8-22(24)23-9-3-5-12-25(23)31/h2-5,8-9,11-12,16,18-21,27,39H,6-7,10,13-15,17H2,1H3,(H,33,36)(H,34,37)/b26-16-/t18-,19+,20-,21+,27-/m0/s1. The molecule has 222 valence electrons. The second-order valence-electron chi connectivity index (χ2n) is 11.9. The minimum Gasteiger partial charge on any atom is -0.372 e. The molecular formula is C31H34FN3O6S. The molecule has 4 aliphatic rings. The van der Waals surface area contributed by atoms with Crippen LogP contribution in [0.3, 0.4) is 0 Å². The molecule has 2 saturated heterocycles. The predicted molar refractivity (Wildman–Crippen MR) is 153 cm³/mol. The minimum absolute atomic E-state index is 0.0139. The van der Waals surface area contributed by atoms with Gasteiger partial charge in [0.25, 0.3) is 5.91 Å². The molecule has 2 aromatic carbocycles. The number of benzene rings is 2. The average Bonchev–Trinajstić information content (AvgIpc) is 3.72. The highest BCUT2D eigenvalue weighted by Crippen LogP contribution is 2.50. The summed E-state index contributed by atoms with van der Waals surface area (Å²) in [5.41, 5.74) is 0.418. The molecule has 3 amide bonds. The first-order valence-electron chi connectivity index (χ1n) is 14.4. The van der Waals surface area contributed by atoms with Gasteiger partial charge in [0, 0.05) is 36.4 Å². The van der Waals surface area contributed by atoms with E-state index in [0.29, 0.717) is 30.5 Å². The smallest absolute Gasteiger partial charge is 0.264 e. The van der Waals surface area contributed by atoms with Crippen LogP contribution in [0.1, 0.15) is 43.2 Å². The molecule has 5 atom stereocenters. The lowest BCUT2D eigenvalue weighted by atomic mass is 9.88. The molecule has 9 nitrogen and oxygen atoms in total. The number of halogens is 1. The van der Waals surface area contributed by atoms with E-state index in [1.165, 1.54) is 4.90 Å². The summed E-state index contributed by atoms with van der Waals surface area (Å²) in [6.07, 6.45) is 4.50. The summed E-state index contributed by atoms with van der Waals surface area (Å²) in [7, 11) is -4.17. The fourth-order valence-electron chi connectivity index (χ4n) is 7.40. The van der Waals surface area contributed by atoms with Crippen molar-refractivity contribution in [2.24, 2.45) is 17.8 Å². The fraction of sp³-hybridized carbons (Fsp3) is 0.452. The fourth-order valence-corrected chi connectivity index (χ4v) is 7.81. The van der Waals surface area contributed by atoms with Gasteiger partial charge in [-0.05, 0) is 54.7 Å². The van der Waals surface area contributed by atoms with Crippen LogP contribution in [-0.2, 0) is 29.8 Å². The number of likely N-dealkylation sites (tertiary alicyclic amines) is 1. The third kappa shape index (κ3) is 4.72. The zero-order chi connectivity index (χ0) is 29.8. The third-order valence-electron chi connectivity index (χ3n) is 9.37. The number of nitrogens with one attached hydrogen (secondary N) is 2. The van der Waals surface area contributed by atoms with E-state index < -0.39 is 50.4 Å². The summed E-state index contributed by atoms with van der Waals surface area (Å²) < 4.78 is 38.4. The highest BCUT2D eigenvalue weighted by Gasteiger charge is 2.56.